The molecule has 2 aromatic rings. The number of ether oxygens (including phenoxy) is 1. The van der Waals surface area contributed by atoms with Crippen LogP contribution in [0.3, 0.4) is 0 Å². The first-order valence-corrected chi connectivity index (χ1v) is 4.89. The largest absolute Gasteiger partial charge is 1.00 e. The van der Waals surface area contributed by atoms with Crippen LogP contribution in [-0.2, 0) is 0 Å². The van der Waals surface area contributed by atoms with Crippen molar-refractivity contribution in [3.05, 3.63) is 36.4 Å². The summed E-state index contributed by atoms with van der Waals surface area (Å²) in [7, 11) is 0. The van der Waals surface area contributed by atoms with Crippen molar-refractivity contribution >= 4 is 5.97 Å². The van der Waals surface area contributed by atoms with Gasteiger partial charge in [0.25, 0.3) is 0 Å². The molecule has 0 N–H and O–H groups in total. The van der Waals surface area contributed by atoms with Gasteiger partial charge in [-0.05, 0) is 12.1 Å². The van der Waals surface area contributed by atoms with Crippen molar-refractivity contribution in [2.75, 3.05) is 0 Å². The zero-order valence-electron chi connectivity index (χ0n) is 10.1. The summed E-state index contributed by atoms with van der Waals surface area (Å²) in [4.78, 5) is 13.8. The average molecular weight is 279 g/mol. The van der Waals surface area contributed by atoms with Crippen molar-refractivity contribution in [1.82, 2.24) is 4.98 Å². The Kier molecular flexibility index (Phi) is 4.86. The van der Waals surface area contributed by atoms with E-state index in [0.717, 1.165) is 12.3 Å². The number of carbonyl (C=O) groups is 1. The van der Waals surface area contributed by atoms with Gasteiger partial charge in [-0.2, -0.15) is 0 Å². The van der Waals surface area contributed by atoms with E-state index in [1.54, 1.807) is 0 Å². The number of aromatic nitrogens is 1. The second kappa shape index (κ2) is 6.03. The Bertz CT molecular complexity index is 612. The molecule has 0 spiro atoms. The fraction of sp³-hybridized carbons (Fsp3) is 0.0909. The number of carboxylic acids is 1. The molecule has 0 saturated heterocycles. The number of nitrogens with zero attached hydrogens (tertiary/aromatic N) is 1. The Labute approximate surface area is 122 Å². The molecule has 1 heterocycles. The van der Waals surface area contributed by atoms with E-state index in [4.69, 9.17) is 4.42 Å². The molecule has 0 fully saturated rings. The van der Waals surface area contributed by atoms with Crippen molar-refractivity contribution in [3.63, 3.8) is 0 Å². The van der Waals surface area contributed by atoms with Crippen molar-refractivity contribution in [2.45, 2.75) is 6.36 Å². The molecule has 0 saturated carbocycles. The third kappa shape index (κ3) is 3.79. The van der Waals surface area contributed by atoms with Crippen molar-refractivity contribution < 1.29 is 51.1 Å². The van der Waals surface area contributed by atoms with Crippen LogP contribution in [-0.4, -0.2) is 17.3 Å². The van der Waals surface area contributed by atoms with Crippen LogP contribution in [0.25, 0.3) is 11.3 Å². The van der Waals surface area contributed by atoms with E-state index in [0.29, 0.717) is 0 Å². The molecule has 0 amide bonds. The fourth-order valence-corrected chi connectivity index (χ4v) is 1.38. The van der Waals surface area contributed by atoms with Crippen molar-refractivity contribution in [2.24, 2.45) is 0 Å². The van der Waals surface area contributed by atoms with Gasteiger partial charge in [0, 0.05) is 0 Å². The van der Waals surface area contributed by atoms with Crippen LogP contribution < -0.4 is 28.7 Å². The van der Waals surface area contributed by atoms with Crippen LogP contribution in [0, 0.1) is 0 Å². The molecule has 20 heavy (non-hydrogen) atoms. The SMILES string of the molecule is O=C([O-])c1ncc(-c2ccccc2OC(F)(F)F)o1.[Li+]. The normalized spacial score (nSPS) is 10.8. The third-order valence-electron chi connectivity index (χ3n) is 2.06. The maximum Gasteiger partial charge on any atom is 1.00 e. The Morgan fingerprint density at radius 2 is 1.95 bits per heavy atom. The molecule has 1 aromatic carbocycles. The zero-order valence-corrected chi connectivity index (χ0v) is 10.1. The van der Waals surface area contributed by atoms with E-state index in [9.17, 15) is 23.1 Å². The Hall–Kier alpha value is -1.91. The van der Waals surface area contributed by atoms with Gasteiger partial charge < -0.3 is 19.1 Å². The summed E-state index contributed by atoms with van der Waals surface area (Å²) in [5.41, 5.74) is -0.0696. The van der Waals surface area contributed by atoms with Gasteiger partial charge in [-0.15, -0.1) is 13.2 Å². The summed E-state index contributed by atoms with van der Waals surface area (Å²) >= 11 is 0. The first kappa shape index (κ1) is 16.1. The van der Waals surface area contributed by atoms with Crippen LogP contribution in [0.5, 0.6) is 5.75 Å². The maximum absolute atomic E-state index is 12.2. The number of halogens is 3. The van der Waals surface area contributed by atoms with E-state index >= 15 is 0 Å². The summed E-state index contributed by atoms with van der Waals surface area (Å²) in [5, 5.41) is 10.5. The molecular weight excluding hydrogens is 274 g/mol. The Balaban J connectivity index is 0.00000200. The third-order valence-corrected chi connectivity index (χ3v) is 2.06. The van der Waals surface area contributed by atoms with Gasteiger partial charge in [0.05, 0.1) is 11.8 Å². The number of hydrogen-bond acceptors (Lipinski definition) is 5. The molecule has 0 radical (unpaired) electrons. The molecule has 0 unspecified atom stereocenters. The summed E-state index contributed by atoms with van der Waals surface area (Å²) in [6, 6.07) is 5.13. The fourth-order valence-electron chi connectivity index (χ4n) is 1.38. The molecule has 1 aromatic heterocycles. The van der Waals surface area contributed by atoms with Crippen LogP contribution in [0.15, 0.2) is 34.9 Å². The number of benzene rings is 1. The molecule has 100 valence electrons. The zero-order chi connectivity index (χ0) is 14.0. The van der Waals surface area contributed by atoms with Gasteiger partial charge in [-0.1, -0.05) is 12.1 Å². The molecule has 2 rings (SSSR count). The van der Waals surface area contributed by atoms with Gasteiger partial charge in [0.2, 0.25) is 5.89 Å². The van der Waals surface area contributed by atoms with Gasteiger partial charge >= 0.3 is 25.2 Å². The Morgan fingerprint density at radius 3 is 2.50 bits per heavy atom. The summed E-state index contributed by atoms with van der Waals surface area (Å²) < 4.78 is 45.2. The van der Waals surface area contributed by atoms with E-state index in [2.05, 4.69) is 9.72 Å². The first-order chi connectivity index (χ1) is 8.87. The summed E-state index contributed by atoms with van der Waals surface area (Å²) in [6.45, 7) is 0. The Morgan fingerprint density at radius 1 is 1.30 bits per heavy atom. The number of oxazole rings is 1. The topological polar surface area (TPSA) is 75.4 Å². The van der Waals surface area contributed by atoms with Gasteiger partial charge in [-0.3, -0.25) is 0 Å². The van der Waals surface area contributed by atoms with Crippen LogP contribution in [0.4, 0.5) is 13.2 Å². The number of carbonyl (C=O) groups excluding carboxylic acids is 1. The minimum absolute atomic E-state index is 0. The van der Waals surface area contributed by atoms with Crippen molar-refractivity contribution in [3.8, 4) is 17.1 Å². The van der Waals surface area contributed by atoms with Crippen LogP contribution >= 0.6 is 0 Å². The molecular formula is C11H5F3LiNO4. The summed E-state index contributed by atoms with van der Waals surface area (Å²) in [6.07, 6.45) is -3.89. The monoisotopic (exact) mass is 279 g/mol. The van der Waals surface area contributed by atoms with Gasteiger partial charge in [0.1, 0.15) is 11.7 Å². The standard InChI is InChI=1S/C11H6F3NO4.Li/c12-11(13,14)19-7-4-2-1-3-6(7)8-5-15-9(18-8)10(16)17;/h1-5H,(H,16,17);/q;+1/p-1. The smallest absolute Gasteiger partial charge is 0.540 e. The number of aromatic carboxylic acids is 1. The van der Waals surface area contributed by atoms with E-state index in [-0.39, 0.29) is 30.2 Å². The quantitative estimate of drug-likeness (QED) is 0.646. The predicted octanol–water partition coefficient (Wildman–Crippen LogP) is -1.39. The minimum Gasteiger partial charge on any atom is -0.540 e. The number of rotatable bonds is 3. The first-order valence-electron chi connectivity index (χ1n) is 4.89. The van der Waals surface area contributed by atoms with E-state index < -0.39 is 24.0 Å². The van der Waals surface area contributed by atoms with Gasteiger partial charge in [0.15, 0.2) is 5.76 Å². The molecule has 0 aliphatic rings. The molecule has 0 bridgehead atoms. The maximum atomic E-state index is 12.2. The number of para-hydroxylation sites is 1. The average Bonchev–Trinajstić information content (AvgIpc) is 2.76. The van der Waals surface area contributed by atoms with Crippen LogP contribution in [0.2, 0.25) is 0 Å². The minimum atomic E-state index is -4.87. The van der Waals surface area contributed by atoms with E-state index in [1.165, 1.54) is 18.2 Å². The van der Waals surface area contributed by atoms with Gasteiger partial charge in [-0.25, -0.2) is 4.98 Å². The van der Waals surface area contributed by atoms with Crippen molar-refractivity contribution in [1.29, 1.82) is 0 Å². The van der Waals surface area contributed by atoms with E-state index in [1.807, 2.05) is 0 Å². The molecule has 0 atom stereocenters. The molecule has 5 nitrogen and oxygen atoms in total. The predicted molar refractivity (Wildman–Crippen MR) is 53.0 cm³/mol. The molecule has 0 aliphatic carbocycles. The number of hydrogen-bond donors (Lipinski definition) is 0. The summed E-state index contributed by atoms with van der Waals surface area (Å²) in [5.74, 6) is -3.08. The number of alkyl halides is 3. The second-order valence-electron chi connectivity index (χ2n) is 3.36. The van der Waals surface area contributed by atoms with Crippen LogP contribution in [0.1, 0.15) is 10.7 Å². The molecule has 9 heteroatoms. The molecule has 0 aliphatic heterocycles. The number of carboxylic acid groups (broad SMARTS) is 1. The second-order valence-corrected chi connectivity index (χ2v) is 3.36.